The van der Waals surface area contributed by atoms with Crippen molar-refractivity contribution in [1.29, 1.82) is 0 Å². The second-order valence-electron chi connectivity index (χ2n) is 5.31. The van der Waals surface area contributed by atoms with Crippen LogP contribution in [0.2, 0.25) is 0 Å². The summed E-state index contributed by atoms with van der Waals surface area (Å²) in [5, 5.41) is 3.44. The van der Waals surface area contributed by atoms with E-state index in [1.807, 2.05) is 0 Å². The van der Waals surface area contributed by atoms with E-state index in [2.05, 4.69) is 48.3 Å². The molecule has 1 aromatic rings. The van der Waals surface area contributed by atoms with Gasteiger partial charge in [-0.3, -0.25) is 0 Å². The molecule has 0 radical (unpaired) electrons. The minimum absolute atomic E-state index is 0.297. The minimum Gasteiger partial charge on any atom is -0.491 e. The molecule has 1 saturated heterocycles. The number of nitrogens with zero attached hydrogens (tertiary/aromatic N) is 1. The van der Waals surface area contributed by atoms with Gasteiger partial charge in [0.1, 0.15) is 5.75 Å². The Morgan fingerprint density at radius 1 is 1.32 bits per heavy atom. The maximum atomic E-state index is 5.98. The van der Waals surface area contributed by atoms with Crippen LogP contribution in [0.15, 0.2) is 24.3 Å². The highest BCUT2D eigenvalue weighted by atomic mass is 16.5. The molecule has 1 N–H and O–H groups in total. The predicted octanol–water partition coefficient (Wildman–Crippen LogP) is 3.05. The summed E-state index contributed by atoms with van der Waals surface area (Å²) in [6.45, 7) is 8.74. The van der Waals surface area contributed by atoms with E-state index >= 15 is 0 Å². The molecule has 0 amide bonds. The molecule has 1 aliphatic heterocycles. The Labute approximate surface area is 116 Å². The molecule has 0 aromatic heterocycles. The Balaban J connectivity index is 2.01. The second-order valence-corrected chi connectivity index (χ2v) is 5.31. The van der Waals surface area contributed by atoms with Crippen LogP contribution < -0.4 is 15.0 Å². The third-order valence-corrected chi connectivity index (χ3v) is 3.56. The van der Waals surface area contributed by atoms with Gasteiger partial charge < -0.3 is 15.0 Å². The summed E-state index contributed by atoms with van der Waals surface area (Å²) in [5.41, 5.74) is 1.28. The summed E-state index contributed by atoms with van der Waals surface area (Å²) in [4.78, 5) is 2.44. The fraction of sp³-hybridized carbons (Fsp3) is 0.625. The van der Waals surface area contributed by atoms with E-state index in [0.29, 0.717) is 6.10 Å². The highest BCUT2D eigenvalue weighted by Crippen LogP contribution is 2.23. The maximum Gasteiger partial charge on any atom is 0.121 e. The zero-order valence-electron chi connectivity index (χ0n) is 12.2. The number of nitrogens with one attached hydrogen (secondary N) is 1. The normalized spacial score (nSPS) is 17.9. The van der Waals surface area contributed by atoms with Crippen LogP contribution in [-0.4, -0.2) is 32.3 Å². The fourth-order valence-electron chi connectivity index (χ4n) is 2.56. The molecule has 1 unspecified atom stereocenters. The molecule has 0 aliphatic carbocycles. The summed E-state index contributed by atoms with van der Waals surface area (Å²) >= 11 is 0. The van der Waals surface area contributed by atoms with Crippen molar-refractivity contribution in [3.63, 3.8) is 0 Å². The molecule has 3 nitrogen and oxygen atoms in total. The number of hydrogen-bond acceptors (Lipinski definition) is 3. The smallest absolute Gasteiger partial charge is 0.121 e. The van der Waals surface area contributed by atoms with Crippen LogP contribution in [0.25, 0.3) is 0 Å². The van der Waals surface area contributed by atoms with Gasteiger partial charge in [0.15, 0.2) is 0 Å². The van der Waals surface area contributed by atoms with Crippen molar-refractivity contribution in [2.75, 3.05) is 31.1 Å². The van der Waals surface area contributed by atoms with Crippen molar-refractivity contribution >= 4 is 5.69 Å². The molecular formula is C16H26N2O. The van der Waals surface area contributed by atoms with Crippen molar-refractivity contribution in [1.82, 2.24) is 5.32 Å². The molecule has 1 heterocycles. The van der Waals surface area contributed by atoms with Gasteiger partial charge >= 0.3 is 0 Å². The van der Waals surface area contributed by atoms with Crippen LogP contribution >= 0.6 is 0 Å². The molecule has 1 aromatic carbocycles. The van der Waals surface area contributed by atoms with Crippen LogP contribution in [0, 0.1) is 0 Å². The van der Waals surface area contributed by atoms with Crippen molar-refractivity contribution in [3.8, 4) is 5.75 Å². The highest BCUT2D eigenvalue weighted by Gasteiger charge is 2.10. The van der Waals surface area contributed by atoms with E-state index in [9.17, 15) is 0 Å². The number of ether oxygens (including phenoxy) is 1. The molecule has 0 spiro atoms. The molecule has 0 saturated carbocycles. The first-order chi connectivity index (χ1) is 9.29. The molecule has 2 rings (SSSR count). The van der Waals surface area contributed by atoms with Gasteiger partial charge in [-0.25, -0.2) is 0 Å². The van der Waals surface area contributed by atoms with Crippen molar-refractivity contribution in [3.05, 3.63) is 24.3 Å². The lowest BCUT2D eigenvalue weighted by atomic mass is 10.2. The first-order valence-electron chi connectivity index (χ1n) is 7.52. The first-order valence-corrected chi connectivity index (χ1v) is 7.52. The van der Waals surface area contributed by atoms with Crippen molar-refractivity contribution < 1.29 is 4.74 Å². The quantitative estimate of drug-likeness (QED) is 0.882. The maximum absolute atomic E-state index is 5.98. The largest absolute Gasteiger partial charge is 0.491 e. The van der Waals surface area contributed by atoms with Gasteiger partial charge in [0.25, 0.3) is 0 Å². The zero-order chi connectivity index (χ0) is 13.5. The van der Waals surface area contributed by atoms with Gasteiger partial charge in [0.2, 0.25) is 0 Å². The summed E-state index contributed by atoms with van der Waals surface area (Å²) in [7, 11) is 0. The molecule has 106 valence electrons. The highest BCUT2D eigenvalue weighted by molar-refractivity contribution is 5.50. The van der Waals surface area contributed by atoms with Crippen molar-refractivity contribution in [2.24, 2.45) is 0 Å². The lowest BCUT2D eigenvalue weighted by molar-refractivity contribution is 0.210. The van der Waals surface area contributed by atoms with Gasteiger partial charge in [0.05, 0.1) is 6.10 Å². The fourth-order valence-corrected chi connectivity index (χ4v) is 2.56. The van der Waals surface area contributed by atoms with Gasteiger partial charge in [-0.1, -0.05) is 19.4 Å². The van der Waals surface area contributed by atoms with Crippen LogP contribution in [0.4, 0.5) is 5.69 Å². The first kappa shape index (κ1) is 14.2. The molecule has 1 aliphatic rings. The summed E-state index contributed by atoms with van der Waals surface area (Å²) in [6, 6.07) is 8.52. The van der Waals surface area contributed by atoms with E-state index in [4.69, 9.17) is 4.74 Å². The molecular weight excluding hydrogens is 236 g/mol. The van der Waals surface area contributed by atoms with E-state index in [-0.39, 0.29) is 0 Å². The minimum atomic E-state index is 0.297. The Morgan fingerprint density at radius 2 is 2.21 bits per heavy atom. The van der Waals surface area contributed by atoms with Gasteiger partial charge in [-0.2, -0.15) is 0 Å². The Morgan fingerprint density at radius 3 is 3.05 bits per heavy atom. The van der Waals surface area contributed by atoms with Crippen LogP contribution in [0.3, 0.4) is 0 Å². The van der Waals surface area contributed by atoms with Gasteiger partial charge in [-0.15, -0.1) is 0 Å². The Hall–Kier alpha value is -1.22. The summed E-state index contributed by atoms with van der Waals surface area (Å²) in [5.74, 6) is 0.996. The monoisotopic (exact) mass is 262 g/mol. The number of anilines is 1. The average molecular weight is 262 g/mol. The van der Waals surface area contributed by atoms with Crippen molar-refractivity contribution in [2.45, 2.75) is 39.2 Å². The van der Waals surface area contributed by atoms with E-state index in [1.54, 1.807) is 0 Å². The van der Waals surface area contributed by atoms with Crippen LogP contribution in [0.5, 0.6) is 5.75 Å². The van der Waals surface area contributed by atoms with E-state index < -0.39 is 0 Å². The predicted molar refractivity (Wildman–Crippen MR) is 81.1 cm³/mol. The third kappa shape index (κ3) is 4.43. The lowest BCUT2D eigenvalue weighted by Crippen LogP contribution is -2.27. The lowest BCUT2D eigenvalue weighted by Gasteiger charge is -2.23. The summed E-state index contributed by atoms with van der Waals surface area (Å²) < 4.78 is 5.98. The molecule has 19 heavy (non-hydrogen) atoms. The Bertz CT molecular complexity index is 373. The SMILES string of the molecule is CCCC(C)Oc1cccc(N2CCCNCC2)c1. The number of benzene rings is 1. The summed E-state index contributed by atoms with van der Waals surface area (Å²) in [6.07, 6.45) is 3.78. The number of hydrogen-bond donors (Lipinski definition) is 1. The van der Waals surface area contributed by atoms with Crippen LogP contribution in [0.1, 0.15) is 33.1 Å². The zero-order valence-corrected chi connectivity index (χ0v) is 12.2. The molecule has 3 heteroatoms. The van der Waals surface area contributed by atoms with Gasteiger partial charge in [-0.05, 0) is 38.4 Å². The standard InChI is InChI=1S/C16H26N2O/c1-3-6-14(2)19-16-8-4-7-15(13-16)18-11-5-9-17-10-12-18/h4,7-8,13-14,17H,3,5-6,9-12H2,1-2H3. The average Bonchev–Trinajstić information content (AvgIpc) is 2.68. The molecule has 1 atom stereocenters. The molecule has 1 fully saturated rings. The number of rotatable bonds is 5. The Kier molecular flexibility index (Phi) is 5.52. The van der Waals surface area contributed by atoms with Gasteiger partial charge in [0, 0.05) is 31.4 Å². The second kappa shape index (κ2) is 7.39. The van der Waals surface area contributed by atoms with E-state index in [1.165, 1.54) is 18.5 Å². The van der Waals surface area contributed by atoms with E-state index in [0.717, 1.165) is 38.3 Å². The third-order valence-electron chi connectivity index (χ3n) is 3.56. The van der Waals surface area contributed by atoms with Crippen LogP contribution in [-0.2, 0) is 0 Å². The molecule has 0 bridgehead atoms. The topological polar surface area (TPSA) is 24.5 Å².